The van der Waals surface area contributed by atoms with Crippen LogP contribution in [0.1, 0.15) is 16.2 Å². The Kier molecular flexibility index (Phi) is 3.39. The molecule has 0 bridgehead atoms. The zero-order chi connectivity index (χ0) is 11.5. The van der Waals surface area contributed by atoms with Gasteiger partial charge in [0.2, 0.25) is 0 Å². The second-order valence-corrected chi connectivity index (χ2v) is 4.17. The Labute approximate surface area is 85.8 Å². The minimum Gasteiger partial charge on any atom is -0.747 e. The number of nitrogens with one attached hydrogen (secondary N) is 3. The van der Waals surface area contributed by atoms with Crippen LogP contribution in [0.15, 0.2) is 6.07 Å². The number of nitrogens with zero attached hydrogens (tertiary/aromatic N) is 1. The van der Waals surface area contributed by atoms with Gasteiger partial charge in [0.15, 0.2) is 5.69 Å². The third-order valence-corrected chi connectivity index (χ3v) is 1.89. The fourth-order valence-corrected chi connectivity index (χ4v) is 1.05. The van der Waals surface area contributed by atoms with E-state index in [2.05, 4.69) is 10.2 Å². The van der Waals surface area contributed by atoms with E-state index in [1.165, 1.54) is 6.07 Å². The highest BCUT2D eigenvalue weighted by Gasteiger charge is 2.08. The lowest BCUT2D eigenvalue weighted by molar-refractivity contribution is 0.0931. The molecule has 0 atom stereocenters. The molecule has 1 heterocycles. The van der Waals surface area contributed by atoms with E-state index in [4.69, 9.17) is 0 Å². The monoisotopic (exact) mass is 233 g/mol. The molecule has 1 rings (SSSR count). The molecular formula is C6H9N4O4S-. The number of carbonyl (C=O) groups excluding carboxylic acids is 1. The van der Waals surface area contributed by atoms with Crippen LogP contribution in [0.2, 0.25) is 0 Å². The third-order valence-electron chi connectivity index (χ3n) is 1.39. The maximum absolute atomic E-state index is 11.2. The van der Waals surface area contributed by atoms with Crippen LogP contribution in [-0.2, 0) is 10.1 Å². The van der Waals surface area contributed by atoms with Gasteiger partial charge in [0, 0.05) is 5.69 Å². The summed E-state index contributed by atoms with van der Waals surface area (Å²) >= 11 is 0. The Morgan fingerprint density at radius 2 is 2.33 bits per heavy atom. The molecule has 8 nitrogen and oxygen atoms in total. The summed E-state index contributed by atoms with van der Waals surface area (Å²) in [4.78, 5) is 11.2. The first-order valence-corrected chi connectivity index (χ1v) is 5.45. The summed E-state index contributed by atoms with van der Waals surface area (Å²) in [6.07, 6.45) is 0. The van der Waals surface area contributed by atoms with Crippen molar-refractivity contribution >= 4 is 16.0 Å². The summed E-state index contributed by atoms with van der Waals surface area (Å²) in [5.74, 6) is -1.50. The number of rotatable bonds is 4. The maximum Gasteiger partial charge on any atom is 0.285 e. The molecule has 0 radical (unpaired) electrons. The van der Waals surface area contributed by atoms with Crippen molar-refractivity contribution < 1.29 is 17.8 Å². The summed E-state index contributed by atoms with van der Waals surface area (Å²) in [6.45, 7) is 1.71. The standard InChI is InChI=1S/C6H10N4O4S/c1-4-2-5(9-8-4)6(11)10-7-3-15(12,13)14/h2,7H,3H2,1H3,(H,8,9)(H,10,11)(H,12,13,14)/p-1. The Hall–Kier alpha value is -1.45. The van der Waals surface area contributed by atoms with Gasteiger partial charge in [-0.1, -0.05) is 0 Å². The summed E-state index contributed by atoms with van der Waals surface area (Å²) in [5.41, 5.74) is 4.79. The first kappa shape index (κ1) is 11.6. The smallest absolute Gasteiger partial charge is 0.285 e. The second kappa shape index (κ2) is 4.38. The molecule has 0 unspecified atom stereocenters. The number of hydrogen-bond acceptors (Lipinski definition) is 6. The van der Waals surface area contributed by atoms with Crippen molar-refractivity contribution in [1.29, 1.82) is 0 Å². The van der Waals surface area contributed by atoms with Crippen molar-refractivity contribution in [2.45, 2.75) is 6.92 Å². The maximum atomic E-state index is 11.2. The molecule has 0 aromatic carbocycles. The van der Waals surface area contributed by atoms with Crippen molar-refractivity contribution in [1.82, 2.24) is 21.0 Å². The zero-order valence-electron chi connectivity index (χ0n) is 7.77. The number of aromatic nitrogens is 2. The van der Waals surface area contributed by atoms with E-state index in [0.29, 0.717) is 5.69 Å². The van der Waals surface area contributed by atoms with E-state index >= 15 is 0 Å². The average molecular weight is 233 g/mol. The van der Waals surface area contributed by atoms with Gasteiger partial charge in [-0.15, -0.1) is 0 Å². The molecular weight excluding hydrogens is 224 g/mol. The lowest BCUT2D eigenvalue weighted by atomic mass is 10.4. The summed E-state index contributed by atoms with van der Waals surface area (Å²) in [5, 5.41) is 6.16. The van der Waals surface area contributed by atoms with Crippen LogP contribution in [0.25, 0.3) is 0 Å². The molecule has 0 aliphatic rings. The molecule has 1 aromatic heterocycles. The van der Waals surface area contributed by atoms with E-state index in [-0.39, 0.29) is 5.69 Å². The number of hydrogen-bond donors (Lipinski definition) is 3. The van der Waals surface area contributed by atoms with E-state index in [1.54, 1.807) is 6.92 Å². The lowest BCUT2D eigenvalue weighted by Crippen LogP contribution is -2.40. The van der Waals surface area contributed by atoms with Gasteiger partial charge in [-0.25, -0.2) is 13.8 Å². The Morgan fingerprint density at radius 1 is 1.67 bits per heavy atom. The number of carbonyl (C=O) groups is 1. The van der Waals surface area contributed by atoms with Crippen molar-refractivity contribution in [2.75, 3.05) is 5.88 Å². The Balaban J connectivity index is 2.44. The van der Waals surface area contributed by atoms with Crippen molar-refractivity contribution in [2.24, 2.45) is 0 Å². The van der Waals surface area contributed by atoms with Crippen LogP contribution in [0.5, 0.6) is 0 Å². The second-order valence-electron chi connectivity index (χ2n) is 2.77. The number of H-pyrrole nitrogens is 1. The molecule has 0 saturated heterocycles. The first-order valence-electron chi connectivity index (χ1n) is 3.87. The fraction of sp³-hybridized carbons (Fsp3) is 0.333. The average Bonchev–Trinajstić information content (AvgIpc) is 2.49. The van der Waals surface area contributed by atoms with Gasteiger partial charge in [-0.3, -0.25) is 15.3 Å². The quantitative estimate of drug-likeness (QED) is 0.427. The van der Waals surface area contributed by atoms with Crippen LogP contribution in [0, 0.1) is 6.92 Å². The van der Waals surface area contributed by atoms with Gasteiger partial charge in [0.05, 0.1) is 0 Å². The van der Waals surface area contributed by atoms with Gasteiger partial charge in [-0.2, -0.15) is 5.10 Å². The summed E-state index contributed by atoms with van der Waals surface area (Å²) in [6, 6.07) is 1.47. The molecule has 1 aromatic rings. The number of aryl methyl sites for hydroxylation is 1. The molecule has 0 spiro atoms. The van der Waals surface area contributed by atoms with Gasteiger partial charge < -0.3 is 4.55 Å². The zero-order valence-corrected chi connectivity index (χ0v) is 8.59. The van der Waals surface area contributed by atoms with E-state index < -0.39 is 21.9 Å². The molecule has 0 saturated carbocycles. The fourth-order valence-electron chi connectivity index (χ4n) is 0.803. The number of hydrazine groups is 1. The molecule has 1 amide bonds. The van der Waals surface area contributed by atoms with Crippen LogP contribution in [-0.4, -0.2) is 35.0 Å². The molecule has 0 fully saturated rings. The van der Waals surface area contributed by atoms with Crippen LogP contribution >= 0.6 is 0 Å². The molecule has 9 heteroatoms. The van der Waals surface area contributed by atoms with E-state index in [1.807, 2.05) is 10.9 Å². The highest BCUT2D eigenvalue weighted by Crippen LogP contribution is 1.96. The van der Waals surface area contributed by atoms with Crippen LogP contribution < -0.4 is 10.9 Å². The summed E-state index contributed by atoms with van der Waals surface area (Å²) < 4.78 is 30.5. The third kappa shape index (κ3) is 4.06. The lowest BCUT2D eigenvalue weighted by Gasteiger charge is -2.08. The first-order chi connectivity index (χ1) is 6.88. The van der Waals surface area contributed by atoms with Crippen LogP contribution in [0.4, 0.5) is 0 Å². The normalized spacial score (nSPS) is 11.3. The van der Waals surface area contributed by atoms with E-state index in [9.17, 15) is 17.8 Å². The predicted octanol–water partition coefficient (Wildman–Crippen LogP) is -1.54. The van der Waals surface area contributed by atoms with Gasteiger partial charge in [-0.05, 0) is 13.0 Å². The largest absolute Gasteiger partial charge is 0.747 e. The molecule has 3 N–H and O–H groups in total. The SMILES string of the molecule is Cc1cc(C(=O)NNCS(=O)(=O)[O-])n[nH]1. The van der Waals surface area contributed by atoms with E-state index in [0.717, 1.165) is 0 Å². The van der Waals surface area contributed by atoms with Gasteiger partial charge in [0.25, 0.3) is 5.91 Å². The number of amides is 1. The molecule has 0 aliphatic heterocycles. The highest BCUT2D eigenvalue weighted by atomic mass is 32.2. The van der Waals surface area contributed by atoms with Gasteiger partial charge >= 0.3 is 0 Å². The number of aromatic amines is 1. The Bertz CT molecular complexity index is 451. The highest BCUT2D eigenvalue weighted by molar-refractivity contribution is 7.85. The summed E-state index contributed by atoms with van der Waals surface area (Å²) in [7, 11) is -4.40. The minimum atomic E-state index is -4.40. The van der Waals surface area contributed by atoms with Crippen molar-refractivity contribution in [3.63, 3.8) is 0 Å². The van der Waals surface area contributed by atoms with Gasteiger partial charge in [0.1, 0.15) is 16.0 Å². The molecule has 15 heavy (non-hydrogen) atoms. The van der Waals surface area contributed by atoms with Crippen molar-refractivity contribution in [3.8, 4) is 0 Å². The predicted molar refractivity (Wildman–Crippen MR) is 48.5 cm³/mol. The molecule has 0 aliphatic carbocycles. The minimum absolute atomic E-state index is 0.100. The van der Waals surface area contributed by atoms with Crippen molar-refractivity contribution in [3.05, 3.63) is 17.5 Å². The topological polar surface area (TPSA) is 127 Å². The molecule has 84 valence electrons. The van der Waals surface area contributed by atoms with Crippen LogP contribution in [0.3, 0.4) is 0 Å². The Morgan fingerprint density at radius 3 is 2.80 bits per heavy atom.